The second kappa shape index (κ2) is 8.56. The molecule has 5 heteroatoms. The van der Waals surface area contributed by atoms with Crippen LogP contribution in [0.25, 0.3) is 0 Å². The SMILES string of the molecule is CC(C)CNC(=O)Nc1ccc(C(=O)N2CCCCCC2)cc1. The molecule has 0 bridgehead atoms. The van der Waals surface area contributed by atoms with E-state index < -0.39 is 0 Å². The van der Waals surface area contributed by atoms with E-state index in [4.69, 9.17) is 0 Å². The fourth-order valence-electron chi connectivity index (χ4n) is 2.62. The van der Waals surface area contributed by atoms with Crippen LogP contribution in [0.15, 0.2) is 24.3 Å². The van der Waals surface area contributed by atoms with E-state index >= 15 is 0 Å². The number of urea groups is 1. The zero-order chi connectivity index (χ0) is 16.7. The second-order valence-corrected chi connectivity index (χ2v) is 6.51. The van der Waals surface area contributed by atoms with E-state index in [1.807, 2.05) is 18.7 Å². The van der Waals surface area contributed by atoms with Gasteiger partial charge < -0.3 is 15.5 Å². The number of carbonyl (C=O) groups excluding carboxylic acids is 2. The highest BCUT2D eigenvalue weighted by atomic mass is 16.2. The van der Waals surface area contributed by atoms with Gasteiger partial charge in [-0.15, -0.1) is 0 Å². The minimum absolute atomic E-state index is 0.0858. The van der Waals surface area contributed by atoms with Crippen LogP contribution >= 0.6 is 0 Å². The third-order valence-electron chi connectivity index (χ3n) is 3.95. The van der Waals surface area contributed by atoms with Gasteiger partial charge in [0.25, 0.3) is 5.91 Å². The van der Waals surface area contributed by atoms with E-state index in [9.17, 15) is 9.59 Å². The third-order valence-corrected chi connectivity index (χ3v) is 3.95. The van der Waals surface area contributed by atoms with Crippen molar-refractivity contribution in [2.24, 2.45) is 5.92 Å². The average Bonchev–Trinajstić information content (AvgIpc) is 2.82. The van der Waals surface area contributed by atoms with Crippen LogP contribution in [0.2, 0.25) is 0 Å². The monoisotopic (exact) mass is 317 g/mol. The molecule has 1 fully saturated rings. The minimum atomic E-state index is -0.217. The fraction of sp³-hybridized carbons (Fsp3) is 0.556. The average molecular weight is 317 g/mol. The number of carbonyl (C=O) groups is 2. The number of hydrogen-bond acceptors (Lipinski definition) is 2. The van der Waals surface area contributed by atoms with Gasteiger partial charge in [0.1, 0.15) is 0 Å². The van der Waals surface area contributed by atoms with Crippen molar-refractivity contribution >= 4 is 17.6 Å². The quantitative estimate of drug-likeness (QED) is 0.893. The summed E-state index contributed by atoms with van der Waals surface area (Å²) < 4.78 is 0. The largest absolute Gasteiger partial charge is 0.339 e. The number of amides is 3. The van der Waals surface area contributed by atoms with Crippen LogP contribution in [0.4, 0.5) is 10.5 Å². The molecule has 0 aromatic heterocycles. The molecule has 2 N–H and O–H groups in total. The van der Waals surface area contributed by atoms with Crippen LogP contribution in [0, 0.1) is 5.92 Å². The molecular formula is C18H27N3O2. The van der Waals surface area contributed by atoms with E-state index in [2.05, 4.69) is 10.6 Å². The summed E-state index contributed by atoms with van der Waals surface area (Å²) in [5, 5.41) is 5.58. The minimum Gasteiger partial charge on any atom is -0.339 e. The van der Waals surface area contributed by atoms with Crippen LogP contribution in [0.3, 0.4) is 0 Å². The van der Waals surface area contributed by atoms with Crippen molar-refractivity contribution in [1.29, 1.82) is 0 Å². The van der Waals surface area contributed by atoms with Gasteiger partial charge in [0.15, 0.2) is 0 Å². The van der Waals surface area contributed by atoms with Crippen LogP contribution in [-0.2, 0) is 0 Å². The van der Waals surface area contributed by atoms with Gasteiger partial charge >= 0.3 is 6.03 Å². The second-order valence-electron chi connectivity index (χ2n) is 6.51. The maximum absolute atomic E-state index is 12.5. The summed E-state index contributed by atoms with van der Waals surface area (Å²) in [6.07, 6.45) is 4.58. The molecule has 3 amide bonds. The topological polar surface area (TPSA) is 61.4 Å². The van der Waals surface area contributed by atoms with E-state index in [-0.39, 0.29) is 11.9 Å². The van der Waals surface area contributed by atoms with Crippen molar-refractivity contribution in [3.63, 3.8) is 0 Å². The molecule has 5 nitrogen and oxygen atoms in total. The number of nitrogens with zero attached hydrogens (tertiary/aromatic N) is 1. The standard InChI is InChI=1S/C18H27N3O2/c1-14(2)13-19-18(23)20-16-9-7-15(8-10-16)17(22)21-11-5-3-4-6-12-21/h7-10,14H,3-6,11-13H2,1-2H3,(H2,19,20,23). The summed E-state index contributed by atoms with van der Waals surface area (Å²) >= 11 is 0. The summed E-state index contributed by atoms with van der Waals surface area (Å²) in [5.41, 5.74) is 1.37. The molecule has 0 spiro atoms. The molecule has 23 heavy (non-hydrogen) atoms. The van der Waals surface area contributed by atoms with Gasteiger partial charge in [0.2, 0.25) is 0 Å². The van der Waals surface area contributed by atoms with Gasteiger partial charge in [-0.05, 0) is 43.0 Å². The van der Waals surface area contributed by atoms with Gasteiger partial charge in [0.05, 0.1) is 0 Å². The van der Waals surface area contributed by atoms with Crippen molar-refractivity contribution in [2.75, 3.05) is 25.0 Å². The molecule has 1 saturated heterocycles. The number of anilines is 1. The van der Waals surface area contributed by atoms with E-state index in [1.54, 1.807) is 24.3 Å². The normalized spacial score (nSPS) is 15.2. The van der Waals surface area contributed by atoms with Gasteiger partial charge in [-0.25, -0.2) is 4.79 Å². The number of hydrogen-bond donors (Lipinski definition) is 2. The Hall–Kier alpha value is -2.04. The van der Waals surface area contributed by atoms with Crippen LogP contribution in [0.1, 0.15) is 49.9 Å². The molecule has 0 radical (unpaired) electrons. The molecule has 0 aliphatic carbocycles. The molecule has 126 valence electrons. The van der Waals surface area contributed by atoms with Crippen molar-refractivity contribution in [2.45, 2.75) is 39.5 Å². The lowest BCUT2D eigenvalue weighted by Gasteiger charge is -2.20. The Morgan fingerprint density at radius 1 is 1.04 bits per heavy atom. The van der Waals surface area contributed by atoms with Crippen LogP contribution < -0.4 is 10.6 Å². The highest BCUT2D eigenvalue weighted by molar-refractivity contribution is 5.95. The molecule has 1 heterocycles. The van der Waals surface area contributed by atoms with E-state index in [1.165, 1.54) is 12.8 Å². The maximum atomic E-state index is 12.5. The Morgan fingerprint density at radius 3 is 2.22 bits per heavy atom. The summed E-state index contributed by atoms with van der Waals surface area (Å²) in [7, 11) is 0. The van der Waals surface area contributed by atoms with Gasteiger partial charge in [-0.1, -0.05) is 26.7 Å². The Morgan fingerprint density at radius 2 is 1.65 bits per heavy atom. The Labute approximate surface area is 138 Å². The molecule has 2 rings (SSSR count). The van der Waals surface area contributed by atoms with Crippen LogP contribution in [-0.4, -0.2) is 36.5 Å². The molecule has 0 atom stereocenters. The Kier molecular flexibility index (Phi) is 6.44. The number of rotatable bonds is 4. The molecule has 1 aromatic rings. The lowest BCUT2D eigenvalue weighted by Crippen LogP contribution is -2.32. The van der Waals surface area contributed by atoms with E-state index in [0.29, 0.717) is 23.7 Å². The predicted octanol–water partition coefficient (Wildman–Crippen LogP) is 3.48. The summed E-state index contributed by atoms with van der Waals surface area (Å²) in [4.78, 5) is 26.1. The van der Waals surface area contributed by atoms with E-state index in [0.717, 1.165) is 25.9 Å². The zero-order valence-corrected chi connectivity index (χ0v) is 14.1. The molecule has 0 saturated carbocycles. The molecule has 1 aliphatic rings. The number of likely N-dealkylation sites (tertiary alicyclic amines) is 1. The fourth-order valence-corrected chi connectivity index (χ4v) is 2.62. The van der Waals surface area contributed by atoms with Crippen molar-refractivity contribution < 1.29 is 9.59 Å². The highest BCUT2D eigenvalue weighted by Crippen LogP contribution is 2.15. The van der Waals surface area contributed by atoms with Crippen molar-refractivity contribution in [3.8, 4) is 0 Å². The molecular weight excluding hydrogens is 290 g/mol. The molecule has 0 unspecified atom stereocenters. The van der Waals surface area contributed by atoms with Crippen molar-refractivity contribution in [1.82, 2.24) is 10.2 Å². The predicted molar refractivity (Wildman–Crippen MR) is 92.7 cm³/mol. The first-order chi connectivity index (χ1) is 11.1. The maximum Gasteiger partial charge on any atom is 0.319 e. The summed E-state index contributed by atoms with van der Waals surface area (Å²) in [5.74, 6) is 0.497. The number of nitrogens with one attached hydrogen (secondary N) is 2. The molecule has 1 aliphatic heterocycles. The first-order valence-electron chi connectivity index (χ1n) is 8.50. The van der Waals surface area contributed by atoms with Crippen molar-refractivity contribution in [3.05, 3.63) is 29.8 Å². The summed E-state index contributed by atoms with van der Waals surface area (Å²) in [6, 6.07) is 6.90. The lowest BCUT2D eigenvalue weighted by atomic mass is 10.1. The zero-order valence-electron chi connectivity index (χ0n) is 14.1. The smallest absolute Gasteiger partial charge is 0.319 e. The third kappa shape index (κ3) is 5.58. The van der Waals surface area contributed by atoms with Gasteiger partial charge in [-0.2, -0.15) is 0 Å². The van der Waals surface area contributed by atoms with Gasteiger partial charge in [0, 0.05) is 30.9 Å². The first kappa shape index (κ1) is 17.3. The first-order valence-corrected chi connectivity index (χ1v) is 8.50. The van der Waals surface area contributed by atoms with Gasteiger partial charge in [-0.3, -0.25) is 4.79 Å². The Balaban J connectivity index is 1.90. The number of benzene rings is 1. The Bertz CT molecular complexity index is 518. The summed E-state index contributed by atoms with van der Waals surface area (Å²) in [6.45, 7) is 6.41. The highest BCUT2D eigenvalue weighted by Gasteiger charge is 2.17. The van der Waals surface area contributed by atoms with Crippen LogP contribution in [0.5, 0.6) is 0 Å². The molecule has 1 aromatic carbocycles. The lowest BCUT2D eigenvalue weighted by molar-refractivity contribution is 0.0761.